The summed E-state index contributed by atoms with van der Waals surface area (Å²) in [7, 11) is 0. The van der Waals surface area contributed by atoms with Gasteiger partial charge in [-0.2, -0.15) is 0 Å². The Morgan fingerprint density at radius 2 is 1.77 bits per heavy atom. The van der Waals surface area contributed by atoms with Crippen molar-refractivity contribution in [2.45, 2.75) is 45.1 Å². The third-order valence-electron chi connectivity index (χ3n) is 5.10. The van der Waals surface area contributed by atoms with E-state index in [1.165, 1.54) is 19.3 Å². The minimum absolute atomic E-state index is 0.0518. The van der Waals surface area contributed by atoms with Crippen molar-refractivity contribution in [2.24, 2.45) is 29.6 Å². The highest BCUT2D eigenvalue weighted by molar-refractivity contribution is 5.04. The molecule has 3 aliphatic carbocycles. The Balaban J connectivity index is 1.81. The Morgan fingerprint density at radius 3 is 2.54 bits per heavy atom. The number of hydrogen-bond donors (Lipinski definition) is 1. The average Bonchev–Trinajstić information content (AvgIpc) is 2.71. The molecule has 0 heterocycles. The first-order chi connectivity index (χ1) is 6.29. The number of aliphatic hydroxyl groups excluding tert-OH is 1. The molecule has 3 fully saturated rings. The van der Waals surface area contributed by atoms with Crippen LogP contribution in [0.5, 0.6) is 0 Å². The molecule has 6 unspecified atom stereocenters. The van der Waals surface area contributed by atoms with Gasteiger partial charge in [-0.05, 0) is 55.3 Å². The fraction of sp³-hybridized carbons (Fsp3) is 1.00. The molecule has 3 saturated carbocycles. The van der Waals surface area contributed by atoms with E-state index in [1.54, 1.807) is 0 Å². The lowest BCUT2D eigenvalue weighted by molar-refractivity contribution is 0.164. The molecule has 0 spiro atoms. The SMILES string of the molecule is CCC1CC2CC1C1CC(O)CC21. The van der Waals surface area contributed by atoms with E-state index in [-0.39, 0.29) is 6.10 Å². The van der Waals surface area contributed by atoms with Crippen LogP contribution in [-0.4, -0.2) is 11.2 Å². The van der Waals surface area contributed by atoms with Gasteiger partial charge >= 0.3 is 0 Å². The number of rotatable bonds is 1. The molecule has 6 atom stereocenters. The molecule has 0 aromatic heterocycles. The van der Waals surface area contributed by atoms with Gasteiger partial charge in [0, 0.05) is 0 Å². The molecule has 0 aliphatic heterocycles. The Morgan fingerprint density at radius 1 is 1.00 bits per heavy atom. The highest BCUT2D eigenvalue weighted by Crippen LogP contribution is 2.61. The molecule has 0 aromatic carbocycles. The summed E-state index contributed by atoms with van der Waals surface area (Å²) >= 11 is 0. The van der Waals surface area contributed by atoms with Crippen molar-refractivity contribution < 1.29 is 5.11 Å². The third kappa shape index (κ3) is 1.03. The molecule has 0 radical (unpaired) electrons. The average molecular weight is 180 g/mol. The Hall–Kier alpha value is -0.0400. The van der Waals surface area contributed by atoms with Crippen molar-refractivity contribution >= 4 is 0 Å². The van der Waals surface area contributed by atoms with Crippen LogP contribution in [0.4, 0.5) is 0 Å². The summed E-state index contributed by atoms with van der Waals surface area (Å²) in [6.07, 6.45) is 6.66. The summed E-state index contributed by atoms with van der Waals surface area (Å²) in [5.74, 6) is 4.84. The van der Waals surface area contributed by atoms with Crippen molar-refractivity contribution in [1.29, 1.82) is 0 Å². The summed E-state index contributed by atoms with van der Waals surface area (Å²) in [6, 6.07) is 0. The minimum Gasteiger partial charge on any atom is -0.393 e. The maximum absolute atomic E-state index is 9.66. The first-order valence-electron chi connectivity index (χ1n) is 5.97. The van der Waals surface area contributed by atoms with Gasteiger partial charge < -0.3 is 5.11 Å². The van der Waals surface area contributed by atoms with E-state index in [1.807, 2.05) is 0 Å². The molecule has 13 heavy (non-hydrogen) atoms. The summed E-state index contributed by atoms with van der Waals surface area (Å²) in [5, 5.41) is 9.66. The van der Waals surface area contributed by atoms with Crippen molar-refractivity contribution in [3.05, 3.63) is 0 Å². The van der Waals surface area contributed by atoms with Crippen LogP contribution in [0.25, 0.3) is 0 Å². The lowest BCUT2D eigenvalue weighted by atomic mass is 9.75. The van der Waals surface area contributed by atoms with Gasteiger partial charge in [-0.15, -0.1) is 0 Å². The van der Waals surface area contributed by atoms with Gasteiger partial charge in [-0.1, -0.05) is 13.3 Å². The summed E-state index contributed by atoms with van der Waals surface area (Å²) in [4.78, 5) is 0. The maximum Gasteiger partial charge on any atom is 0.0546 e. The lowest BCUT2D eigenvalue weighted by Gasteiger charge is -2.30. The van der Waals surface area contributed by atoms with Crippen LogP contribution in [0.3, 0.4) is 0 Å². The van der Waals surface area contributed by atoms with Crippen molar-refractivity contribution in [3.8, 4) is 0 Å². The molecule has 1 heteroatoms. The molecule has 3 aliphatic rings. The van der Waals surface area contributed by atoms with Crippen molar-refractivity contribution in [1.82, 2.24) is 0 Å². The maximum atomic E-state index is 9.66. The van der Waals surface area contributed by atoms with Crippen LogP contribution in [0.2, 0.25) is 0 Å². The van der Waals surface area contributed by atoms with Crippen molar-refractivity contribution in [2.75, 3.05) is 0 Å². The van der Waals surface area contributed by atoms with E-state index in [4.69, 9.17) is 0 Å². The third-order valence-corrected chi connectivity index (χ3v) is 5.10. The van der Waals surface area contributed by atoms with Crippen LogP contribution in [0.1, 0.15) is 39.0 Å². The van der Waals surface area contributed by atoms with E-state index in [2.05, 4.69) is 6.92 Å². The van der Waals surface area contributed by atoms with Crippen LogP contribution in [-0.2, 0) is 0 Å². The zero-order valence-corrected chi connectivity index (χ0v) is 8.45. The smallest absolute Gasteiger partial charge is 0.0546 e. The second-order valence-electron chi connectivity index (χ2n) is 5.52. The zero-order valence-electron chi connectivity index (χ0n) is 8.45. The molecule has 2 bridgehead atoms. The second-order valence-corrected chi connectivity index (χ2v) is 5.52. The molecule has 0 aromatic rings. The van der Waals surface area contributed by atoms with E-state index in [0.717, 1.165) is 42.4 Å². The summed E-state index contributed by atoms with van der Waals surface area (Å²) in [5.41, 5.74) is 0. The highest BCUT2D eigenvalue weighted by atomic mass is 16.3. The number of fused-ring (bicyclic) bond motifs is 5. The molecule has 1 N–H and O–H groups in total. The molecule has 74 valence electrons. The predicted molar refractivity (Wildman–Crippen MR) is 52.2 cm³/mol. The van der Waals surface area contributed by atoms with E-state index < -0.39 is 0 Å². The fourth-order valence-electron chi connectivity index (χ4n) is 4.65. The summed E-state index contributed by atoms with van der Waals surface area (Å²) in [6.45, 7) is 2.34. The van der Waals surface area contributed by atoms with Gasteiger partial charge in [-0.25, -0.2) is 0 Å². The Bertz CT molecular complexity index is 209. The molecule has 0 saturated heterocycles. The fourth-order valence-corrected chi connectivity index (χ4v) is 4.65. The number of aliphatic hydroxyl groups is 1. The van der Waals surface area contributed by atoms with Crippen molar-refractivity contribution in [3.63, 3.8) is 0 Å². The van der Waals surface area contributed by atoms with E-state index >= 15 is 0 Å². The van der Waals surface area contributed by atoms with Gasteiger partial charge in [-0.3, -0.25) is 0 Å². The van der Waals surface area contributed by atoms with Crippen LogP contribution in [0.15, 0.2) is 0 Å². The van der Waals surface area contributed by atoms with Gasteiger partial charge in [0.1, 0.15) is 0 Å². The highest BCUT2D eigenvalue weighted by Gasteiger charge is 2.54. The van der Waals surface area contributed by atoms with E-state index in [0.29, 0.717) is 0 Å². The van der Waals surface area contributed by atoms with Crippen LogP contribution >= 0.6 is 0 Å². The predicted octanol–water partition coefficient (Wildman–Crippen LogP) is 2.44. The van der Waals surface area contributed by atoms with Crippen LogP contribution in [0, 0.1) is 29.6 Å². The first-order valence-corrected chi connectivity index (χ1v) is 5.97. The molecule has 1 nitrogen and oxygen atoms in total. The van der Waals surface area contributed by atoms with Gasteiger partial charge in [0.2, 0.25) is 0 Å². The Labute approximate surface area is 80.5 Å². The first kappa shape index (κ1) is 8.28. The normalized spacial score (nSPS) is 58.6. The summed E-state index contributed by atoms with van der Waals surface area (Å²) < 4.78 is 0. The lowest BCUT2D eigenvalue weighted by Crippen LogP contribution is -2.23. The van der Waals surface area contributed by atoms with Gasteiger partial charge in [0.15, 0.2) is 0 Å². The van der Waals surface area contributed by atoms with Gasteiger partial charge in [0.25, 0.3) is 0 Å². The molecule has 3 rings (SSSR count). The van der Waals surface area contributed by atoms with Crippen LogP contribution < -0.4 is 0 Å². The monoisotopic (exact) mass is 180 g/mol. The quantitative estimate of drug-likeness (QED) is 0.657. The molecular weight excluding hydrogens is 160 g/mol. The topological polar surface area (TPSA) is 20.2 Å². The zero-order chi connectivity index (χ0) is 9.00. The van der Waals surface area contributed by atoms with Gasteiger partial charge in [0.05, 0.1) is 6.10 Å². The largest absolute Gasteiger partial charge is 0.393 e. The second kappa shape index (κ2) is 2.73. The molecule has 0 amide bonds. The number of hydrogen-bond acceptors (Lipinski definition) is 1. The standard InChI is InChI=1S/C12H20O/c1-2-7-3-8-4-10(7)12-6-9(13)5-11(8)12/h7-13H,2-6H2,1H3. The minimum atomic E-state index is 0.0518. The van der Waals surface area contributed by atoms with E-state index in [9.17, 15) is 5.11 Å². The Kier molecular flexibility index (Phi) is 1.74. The molecular formula is C12H20O.